The van der Waals surface area contributed by atoms with Crippen LogP contribution < -0.4 is 10.9 Å². The lowest BCUT2D eigenvalue weighted by Gasteiger charge is -2.17. The lowest BCUT2D eigenvalue weighted by molar-refractivity contribution is -0.137. The van der Waals surface area contributed by atoms with Crippen LogP contribution >= 0.6 is 22.9 Å². The van der Waals surface area contributed by atoms with Gasteiger partial charge in [0, 0.05) is 10.9 Å². The number of hydrogen-bond acceptors (Lipinski definition) is 4. The Morgan fingerprint density at radius 1 is 1.19 bits per heavy atom. The van der Waals surface area contributed by atoms with Gasteiger partial charge in [0.1, 0.15) is 10.9 Å². The van der Waals surface area contributed by atoms with E-state index in [2.05, 4.69) is 10.3 Å². The number of nitrogens with zero attached hydrogens (tertiary/aromatic N) is 2. The number of anilines is 1. The fourth-order valence-electron chi connectivity index (χ4n) is 3.21. The molecule has 2 aromatic carbocycles. The standard InChI is InChI=1S/C22H15ClF3N3O2S/c1-12(19(30)28-17-9-14(22(24,25)26)7-8-16(17)23)29-11-27-20-18(21(29)31)15(10-32-20)13-5-3-2-4-6-13/h2-12H,1H3,(H,28,30). The number of alkyl halides is 3. The average molecular weight is 478 g/mol. The molecular formula is C22H15ClF3N3O2S. The third kappa shape index (κ3) is 4.13. The van der Waals surface area contributed by atoms with Crippen molar-refractivity contribution in [1.29, 1.82) is 0 Å². The molecule has 0 spiro atoms. The molecule has 1 unspecified atom stereocenters. The molecule has 0 saturated heterocycles. The van der Waals surface area contributed by atoms with Gasteiger partial charge in [-0.1, -0.05) is 41.9 Å². The summed E-state index contributed by atoms with van der Waals surface area (Å²) in [6, 6.07) is 10.9. The molecule has 0 aliphatic heterocycles. The number of halogens is 4. The van der Waals surface area contributed by atoms with Crippen LogP contribution in [0.25, 0.3) is 21.3 Å². The molecule has 1 atom stereocenters. The van der Waals surface area contributed by atoms with Gasteiger partial charge in [-0.25, -0.2) is 4.98 Å². The first-order valence-electron chi connectivity index (χ1n) is 9.38. The van der Waals surface area contributed by atoms with Crippen LogP contribution in [0, 0.1) is 0 Å². The van der Waals surface area contributed by atoms with Crippen molar-refractivity contribution in [3.05, 3.63) is 81.2 Å². The molecule has 4 aromatic rings. The molecule has 1 amide bonds. The summed E-state index contributed by atoms with van der Waals surface area (Å²) in [6.45, 7) is 1.46. The molecule has 0 aliphatic rings. The number of thiophene rings is 1. The summed E-state index contributed by atoms with van der Waals surface area (Å²) in [6.07, 6.45) is -3.33. The molecular weight excluding hydrogens is 463 g/mol. The number of carbonyl (C=O) groups is 1. The Kier molecular flexibility index (Phi) is 5.79. The van der Waals surface area contributed by atoms with Crippen molar-refractivity contribution in [2.24, 2.45) is 0 Å². The molecule has 0 bridgehead atoms. The maximum absolute atomic E-state index is 13.2. The van der Waals surface area contributed by atoms with Crippen molar-refractivity contribution in [3.8, 4) is 11.1 Å². The van der Waals surface area contributed by atoms with Gasteiger partial charge in [-0.3, -0.25) is 14.2 Å². The van der Waals surface area contributed by atoms with Gasteiger partial charge < -0.3 is 5.32 Å². The Balaban J connectivity index is 1.69. The van der Waals surface area contributed by atoms with Gasteiger partial charge in [0.2, 0.25) is 5.91 Å². The van der Waals surface area contributed by atoms with Crippen LogP contribution in [-0.4, -0.2) is 15.5 Å². The fourth-order valence-corrected chi connectivity index (χ4v) is 4.28. The van der Waals surface area contributed by atoms with E-state index in [1.165, 1.54) is 24.6 Å². The van der Waals surface area contributed by atoms with Crippen LogP contribution in [0.15, 0.2) is 65.0 Å². The quantitative estimate of drug-likeness (QED) is 0.392. The van der Waals surface area contributed by atoms with Crippen molar-refractivity contribution in [2.75, 3.05) is 5.32 Å². The first-order valence-corrected chi connectivity index (χ1v) is 10.6. The van der Waals surface area contributed by atoms with Crippen molar-refractivity contribution in [1.82, 2.24) is 9.55 Å². The van der Waals surface area contributed by atoms with Gasteiger partial charge in [0.15, 0.2) is 0 Å². The molecule has 10 heteroatoms. The molecule has 2 aromatic heterocycles. The largest absolute Gasteiger partial charge is 0.416 e. The minimum absolute atomic E-state index is 0.0522. The third-order valence-electron chi connectivity index (χ3n) is 4.95. The second kappa shape index (κ2) is 8.40. The van der Waals surface area contributed by atoms with Crippen LogP contribution in [0.5, 0.6) is 0 Å². The molecule has 164 valence electrons. The SMILES string of the molecule is CC(C(=O)Nc1cc(C(F)(F)F)ccc1Cl)n1cnc2scc(-c3ccccc3)c2c1=O. The smallest absolute Gasteiger partial charge is 0.323 e. The molecule has 0 aliphatic carbocycles. The maximum Gasteiger partial charge on any atom is 0.416 e. The summed E-state index contributed by atoms with van der Waals surface area (Å²) >= 11 is 7.27. The van der Waals surface area contributed by atoms with Crippen LogP contribution in [0.1, 0.15) is 18.5 Å². The van der Waals surface area contributed by atoms with Crippen molar-refractivity contribution in [2.45, 2.75) is 19.1 Å². The molecule has 0 fully saturated rings. The number of aromatic nitrogens is 2. The van der Waals surface area contributed by atoms with E-state index in [1.54, 1.807) is 0 Å². The van der Waals surface area contributed by atoms with E-state index in [-0.39, 0.29) is 10.7 Å². The molecule has 0 radical (unpaired) electrons. The van der Waals surface area contributed by atoms with E-state index in [0.29, 0.717) is 15.8 Å². The van der Waals surface area contributed by atoms with E-state index >= 15 is 0 Å². The predicted molar refractivity (Wildman–Crippen MR) is 119 cm³/mol. The number of benzene rings is 2. The second-order valence-electron chi connectivity index (χ2n) is 7.01. The monoisotopic (exact) mass is 477 g/mol. The van der Waals surface area contributed by atoms with Crippen molar-refractivity contribution in [3.63, 3.8) is 0 Å². The van der Waals surface area contributed by atoms with Crippen LogP contribution in [0.4, 0.5) is 18.9 Å². The fraction of sp³-hybridized carbons (Fsp3) is 0.136. The Bertz CT molecular complexity index is 1370. The molecule has 32 heavy (non-hydrogen) atoms. The zero-order valence-electron chi connectivity index (χ0n) is 16.5. The second-order valence-corrected chi connectivity index (χ2v) is 8.28. The minimum Gasteiger partial charge on any atom is -0.323 e. The number of nitrogens with one attached hydrogen (secondary N) is 1. The van der Waals surface area contributed by atoms with Crippen LogP contribution in [-0.2, 0) is 11.0 Å². The highest BCUT2D eigenvalue weighted by Gasteiger charge is 2.31. The van der Waals surface area contributed by atoms with E-state index < -0.39 is 29.2 Å². The van der Waals surface area contributed by atoms with Crippen molar-refractivity contribution >= 4 is 44.7 Å². The highest BCUT2D eigenvalue weighted by Crippen LogP contribution is 2.34. The van der Waals surface area contributed by atoms with Gasteiger partial charge >= 0.3 is 6.18 Å². The van der Waals surface area contributed by atoms with Gasteiger partial charge in [-0.05, 0) is 30.7 Å². The van der Waals surface area contributed by atoms with Gasteiger partial charge in [-0.2, -0.15) is 13.2 Å². The molecule has 4 rings (SSSR count). The zero-order chi connectivity index (χ0) is 23.0. The highest BCUT2D eigenvalue weighted by atomic mass is 35.5. The summed E-state index contributed by atoms with van der Waals surface area (Å²) in [5.41, 5.74) is -0.0288. The normalized spacial score (nSPS) is 12.7. The zero-order valence-corrected chi connectivity index (χ0v) is 18.1. The number of hydrogen-bond donors (Lipinski definition) is 1. The maximum atomic E-state index is 13.2. The number of fused-ring (bicyclic) bond motifs is 1. The molecule has 5 nitrogen and oxygen atoms in total. The Labute approximate surface area is 189 Å². The average Bonchev–Trinajstić information content (AvgIpc) is 3.20. The van der Waals surface area contributed by atoms with Crippen LogP contribution in [0.2, 0.25) is 5.02 Å². The Hall–Kier alpha value is -3.17. The lowest BCUT2D eigenvalue weighted by Crippen LogP contribution is -2.31. The van der Waals surface area contributed by atoms with Gasteiger partial charge in [0.05, 0.1) is 28.0 Å². The van der Waals surface area contributed by atoms with E-state index in [9.17, 15) is 22.8 Å². The number of amides is 1. The van der Waals surface area contributed by atoms with Gasteiger partial charge in [0.25, 0.3) is 5.56 Å². The minimum atomic E-state index is -4.59. The predicted octanol–water partition coefficient (Wildman–Crippen LogP) is 6.00. The molecule has 0 saturated carbocycles. The Morgan fingerprint density at radius 3 is 2.59 bits per heavy atom. The van der Waals surface area contributed by atoms with E-state index in [0.717, 1.165) is 28.3 Å². The third-order valence-corrected chi connectivity index (χ3v) is 6.17. The van der Waals surface area contributed by atoms with E-state index in [1.807, 2.05) is 35.7 Å². The molecule has 1 N–H and O–H groups in total. The summed E-state index contributed by atoms with van der Waals surface area (Å²) in [5, 5.41) is 4.53. The first kappa shape index (κ1) is 22.0. The summed E-state index contributed by atoms with van der Waals surface area (Å²) in [7, 11) is 0. The first-order chi connectivity index (χ1) is 15.2. The summed E-state index contributed by atoms with van der Waals surface area (Å²) in [4.78, 5) is 30.8. The summed E-state index contributed by atoms with van der Waals surface area (Å²) < 4.78 is 40.2. The Morgan fingerprint density at radius 2 is 1.91 bits per heavy atom. The lowest BCUT2D eigenvalue weighted by atomic mass is 10.1. The van der Waals surface area contributed by atoms with E-state index in [4.69, 9.17) is 11.6 Å². The number of rotatable bonds is 4. The van der Waals surface area contributed by atoms with Gasteiger partial charge in [-0.15, -0.1) is 11.3 Å². The molecule has 2 heterocycles. The highest BCUT2D eigenvalue weighted by molar-refractivity contribution is 7.17. The van der Waals surface area contributed by atoms with Crippen LogP contribution in [0.3, 0.4) is 0 Å². The van der Waals surface area contributed by atoms with Crippen molar-refractivity contribution < 1.29 is 18.0 Å². The summed E-state index contributed by atoms with van der Waals surface area (Å²) in [5.74, 6) is -0.703. The number of carbonyl (C=O) groups excluding carboxylic acids is 1. The topological polar surface area (TPSA) is 64.0 Å².